The van der Waals surface area contributed by atoms with Gasteiger partial charge in [-0.3, -0.25) is 14.2 Å². The standard InChI is InChI=1S/C58H115N2O7P/c1-7-10-13-16-19-22-25-28-29-30-31-33-36-39-42-45-48-51-58(62)67-56(49-46-43-40-37-34-27-24-21-18-15-12-9-3)55(54-66-68(63,64)65-53-52-60(4,5)6)59-57(61)50-47-44-41-38-35-32-26-23-20-17-14-11-8-2/h46,49,55-56H,7-45,47-48,50-54H2,1-6H3,(H-,59,61,63,64)/b49-46+. The molecule has 0 aliphatic rings. The van der Waals surface area contributed by atoms with Crippen LogP contribution in [0.15, 0.2) is 12.2 Å². The molecule has 1 amide bonds. The molecule has 0 aromatic heterocycles. The zero-order valence-electron chi connectivity index (χ0n) is 46.1. The zero-order chi connectivity index (χ0) is 50.1. The quantitative estimate of drug-likeness (QED) is 0.0212. The Morgan fingerprint density at radius 2 is 0.838 bits per heavy atom. The monoisotopic (exact) mass is 983 g/mol. The first-order valence-electron chi connectivity index (χ1n) is 29.5. The van der Waals surface area contributed by atoms with Gasteiger partial charge in [0, 0.05) is 12.8 Å². The van der Waals surface area contributed by atoms with Gasteiger partial charge >= 0.3 is 5.97 Å². The molecule has 68 heavy (non-hydrogen) atoms. The van der Waals surface area contributed by atoms with E-state index in [0.717, 1.165) is 57.8 Å². The van der Waals surface area contributed by atoms with Crippen molar-refractivity contribution in [3.05, 3.63) is 12.2 Å². The summed E-state index contributed by atoms with van der Waals surface area (Å²) in [4.78, 5) is 39.8. The van der Waals surface area contributed by atoms with Crippen molar-refractivity contribution in [1.29, 1.82) is 0 Å². The fourth-order valence-electron chi connectivity index (χ4n) is 8.88. The zero-order valence-corrected chi connectivity index (χ0v) is 47.0. The van der Waals surface area contributed by atoms with Gasteiger partial charge in [-0.05, 0) is 31.8 Å². The Morgan fingerprint density at radius 3 is 1.21 bits per heavy atom. The predicted molar refractivity (Wildman–Crippen MR) is 289 cm³/mol. The third-order valence-corrected chi connectivity index (χ3v) is 14.4. The van der Waals surface area contributed by atoms with Crippen LogP contribution in [0.25, 0.3) is 0 Å². The van der Waals surface area contributed by atoms with Gasteiger partial charge in [-0.25, -0.2) is 0 Å². The molecule has 3 atom stereocenters. The van der Waals surface area contributed by atoms with E-state index in [4.69, 9.17) is 13.8 Å². The second-order valence-electron chi connectivity index (χ2n) is 21.5. The highest BCUT2D eigenvalue weighted by Gasteiger charge is 2.27. The summed E-state index contributed by atoms with van der Waals surface area (Å²) in [7, 11) is 1.20. The molecule has 404 valence electrons. The highest BCUT2D eigenvalue weighted by molar-refractivity contribution is 7.45. The second-order valence-corrected chi connectivity index (χ2v) is 22.9. The van der Waals surface area contributed by atoms with Crippen LogP contribution in [0, 0.1) is 0 Å². The molecule has 0 aliphatic carbocycles. The summed E-state index contributed by atoms with van der Waals surface area (Å²) in [5.41, 5.74) is 0. The van der Waals surface area contributed by atoms with Gasteiger partial charge in [-0.15, -0.1) is 0 Å². The van der Waals surface area contributed by atoms with E-state index in [1.807, 2.05) is 33.3 Å². The first-order chi connectivity index (χ1) is 32.9. The Hall–Kier alpha value is -1.25. The first-order valence-corrected chi connectivity index (χ1v) is 31.0. The molecule has 0 rings (SSSR count). The SMILES string of the molecule is CCCCCCCCCCCC/C=C/C(OC(=O)CCCCCCCCCCCCCCCCCCC)C(COP(=O)([O-])OCC[N+](C)(C)C)NC(=O)CCCCCCCCCCCCCCC. The summed E-state index contributed by atoms with van der Waals surface area (Å²) in [6, 6.07) is -0.878. The minimum Gasteiger partial charge on any atom is -0.756 e. The maximum atomic E-state index is 13.5. The summed E-state index contributed by atoms with van der Waals surface area (Å²) in [6.07, 6.45) is 54.5. The largest absolute Gasteiger partial charge is 0.756 e. The van der Waals surface area contributed by atoms with Gasteiger partial charge in [-0.1, -0.05) is 264 Å². The van der Waals surface area contributed by atoms with Gasteiger partial charge in [0.25, 0.3) is 7.82 Å². The van der Waals surface area contributed by atoms with E-state index in [0.29, 0.717) is 17.4 Å². The van der Waals surface area contributed by atoms with Crippen molar-refractivity contribution < 1.29 is 37.3 Å². The number of rotatable bonds is 54. The lowest BCUT2D eigenvalue weighted by Gasteiger charge is -2.30. The molecule has 0 heterocycles. The van der Waals surface area contributed by atoms with Crippen molar-refractivity contribution in [1.82, 2.24) is 5.32 Å². The lowest BCUT2D eigenvalue weighted by molar-refractivity contribution is -0.870. The molecule has 0 fully saturated rings. The van der Waals surface area contributed by atoms with Crippen molar-refractivity contribution >= 4 is 19.7 Å². The van der Waals surface area contributed by atoms with E-state index in [1.165, 1.54) is 205 Å². The third kappa shape index (κ3) is 49.7. The maximum Gasteiger partial charge on any atom is 0.306 e. The number of quaternary nitrogens is 1. The van der Waals surface area contributed by atoms with Crippen LogP contribution in [-0.2, 0) is 27.9 Å². The van der Waals surface area contributed by atoms with Crippen LogP contribution in [0.2, 0.25) is 0 Å². The molecule has 9 nitrogen and oxygen atoms in total. The smallest absolute Gasteiger partial charge is 0.306 e. The van der Waals surface area contributed by atoms with Gasteiger partial charge in [0.2, 0.25) is 5.91 Å². The van der Waals surface area contributed by atoms with Crippen LogP contribution in [0.5, 0.6) is 0 Å². The van der Waals surface area contributed by atoms with E-state index in [-0.39, 0.29) is 31.5 Å². The van der Waals surface area contributed by atoms with Crippen molar-refractivity contribution in [3.8, 4) is 0 Å². The summed E-state index contributed by atoms with van der Waals surface area (Å²) < 4.78 is 30.2. The van der Waals surface area contributed by atoms with Crippen LogP contribution >= 0.6 is 7.82 Å². The van der Waals surface area contributed by atoms with E-state index in [2.05, 4.69) is 26.1 Å². The van der Waals surface area contributed by atoms with Crippen molar-refractivity contribution in [3.63, 3.8) is 0 Å². The molecule has 0 aliphatic heterocycles. The third-order valence-electron chi connectivity index (χ3n) is 13.5. The van der Waals surface area contributed by atoms with E-state index < -0.39 is 20.0 Å². The van der Waals surface area contributed by atoms with E-state index in [1.54, 1.807) is 0 Å². The number of allylic oxidation sites excluding steroid dienone is 1. The highest BCUT2D eigenvalue weighted by Crippen LogP contribution is 2.38. The maximum absolute atomic E-state index is 13.5. The normalized spacial score (nSPS) is 13.8. The molecular formula is C58H115N2O7P. The van der Waals surface area contributed by atoms with Crippen molar-refractivity contribution in [2.75, 3.05) is 40.9 Å². The molecule has 0 saturated carbocycles. The second kappa shape index (κ2) is 49.3. The van der Waals surface area contributed by atoms with Crippen LogP contribution in [-0.4, -0.2) is 69.4 Å². The first kappa shape index (κ1) is 66.8. The van der Waals surface area contributed by atoms with Crippen LogP contribution in [0.3, 0.4) is 0 Å². The molecule has 10 heteroatoms. The predicted octanol–water partition coefficient (Wildman–Crippen LogP) is 17.0. The molecule has 3 unspecified atom stereocenters. The Kier molecular flexibility index (Phi) is 48.4. The number of nitrogens with zero attached hydrogens (tertiary/aromatic N) is 1. The molecule has 0 aromatic rings. The summed E-state index contributed by atoms with van der Waals surface area (Å²) in [6.45, 7) is 6.88. The number of carbonyl (C=O) groups is 2. The van der Waals surface area contributed by atoms with E-state index in [9.17, 15) is 19.0 Å². The van der Waals surface area contributed by atoms with Gasteiger partial charge in [-0.2, -0.15) is 0 Å². The molecule has 0 bridgehead atoms. The number of likely N-dealkylation sites (N-methyl/N-ethyl adjacent to an activating group) is 1. The molecular weight excluding hydrogens is 868 g/mol. The fourth-order valence-corrected chi connectivity index (χ4v) is 9.60. The molecule has 0 radical (unpaired) electrons. The number of carbonyl (C=O) groups excluding carboxylic acids is 2. The van der Waals surface area contributed by atoms with Gasteiger partial charge in [0.1, 0.15) is 19.3 Å². The summed E-state index contributed by atoms with van der Waals surface area (Å²) >= 11 is 0. The van der Waals surface area contributed by atoms with Crippen molar-refractivity contribution in [2.24, 2.45) is 0 Å². The topological polar surface area (TPSA) is 114 Å². The molecule has 0 aromatic carbocycles. The van der Waals surface area contributed by atoms with Crippen LogP contribution in [0.1, 0.15) is 297 Å². The number of amides is 1. The van der Waals surface area contributed by atoms with Gasteiger partial charge in [0.15, 0.2) is 0 Å². The van der Waals surface area contributed by atoms with Crippen LogP contribution < -0.4 is 10.2 Å². The highest BCUT2D eigenvalue weighted by atomic mass is 31.2. The number of nitrogens with one attached hydrogen (secondary N) is 1. The molecule has 1 N–H and O–H groups in total. The van der Waals surface area contributed by atoms with Gasteiger partial charge < -0.3 is 28.5 Å². The van der Waals surface area contributed by atoms with Crippen molar-refractivity contribution in [2.45, 2.75) is 309 Å². The summed E-state index contributed by atoms with van der Waals surface area (Å²) in [5, 5.41) is 3.03. The summed E-state index contributed by atoms with van der Waals surface area (Å²) in [5.74, 6) is -0.523. The number of hydrogen-bond donors (Lipinski definition) is 1. The number of ether oxygens (including phenoxy) is 1. The van der Waals surface area contributed by atoms with Crippen LogP contribution in [0.4, 0.5) is 0 Å². The van der Waals surface area contributed by atoms with Gasteiger partial charge in [0.05, 0.1) is 33.8 Å². The average molecular weight is 984 g/mol. The molecule has 0 saturated heterocycles. The number of esters is 1. The Balaban J connectivity index is 5.27. The Bertz CT molecular complexity index is 1180. The number of hydrogen-bond acceptors (Lipinski definition) is 7. The number of phosphoric ester groups is 1. The minimum atomic E-state index is -4.68. The Morgan fingerprint density at radius 1 is 0.500 bits per heavy atom. The minimum absolute atomic E-state index is 0.0170. The average Bonchev–Trinajstić information content (AvgIpc) is 3.29. The lowest BCUT2D eigenvalue weighted by Crippen LogP contribution is -2.47. The lowest BCUT2D eigenvalue weighted by atomic mass is 10.0. The number of phosphoric acid groups is 1. The van der Waals surface area contributed by atoms with E-state index >= 15 is 0 Å². The Labute approximate surface area is 422 Å². The molecule has 0 spiro atoms. The number of unbranched alkanes of at least 4 members (excludes halogenated alkanes) is 38. The fraction of sp³-hybridized carbons (Fsp3) is 0.931.